The fourth-order valence-electron chi connectivity index (χ4n) is 1.33. The summed E-state index contributed by atoms with van der Waals surface area (Å²) < 4.78 is 1.05. The number of rotatable bonds is 1. The van der Waals surface area contributed by atoms with E-state index in [-0.39, 0.29) is 0 Å². The highest BCUT2D eigenvalue weighted by Gasteiger charge is 2.07. The minimum atomic E-state index is 0.615. The molecule has 0 radical (unpaired) electrons. The highest BCUT2D eigenvalue weighted by atomic mass is 79.9. The van der Waals surface area contributed by atoms with E-state index in [0.29, 0.717) is 11.3 Å². The molecule has 1 aromatic heterocycles. The predicted octanol–water partition coefficient (Wildman–Crippen LogP) is 3.63. The van der Waals surface area contributed by atoms with Crippen LogP contribution in [0, 0.1) is 11.3 Å². The first-order valence-electron chi connectivity index (χ1n) is 4.26. The molecule has 2 nitrogen and oxygen atoms in total. The van der Waals surface area contributed by atoms with E-state index in [1.165, 1.54) is 0 Å². The number of benzene rings is 1. The Kier molecular flexibility index (Phi) is 2.76. The van der Waals surface area contributed by atoms with Gasteiger partial charge in [0.05, 0.1) is 15.4 Å². The quantitative estimate of drug-likeness (QED) is 0.810. The first-order valence-corrected chi connectivity index (χ1v) is 5.87. The third kappa shape index (κ3) is 2.04. The summed E-state index contributed by atoms with van der Waals surface area (Å²) in [4.78, 5) is 1.07. The molecule has 1 aromatic carbocycles. The molecule has 74 valence electrons. The molecule has 0 fully saturated rings. The van der Waals surface area contributed by atoms with E-state index in [1.807, 2.05) is 24.3 Å². The summed E-state index contributed by atoms with van der Waals surface area (Å²) in [6.45, 7) is 0. The lowest BCUT2D eigenvalue weighted by atomic mass is 10.1. The molecule has 0 saturated carbocycles. The van der Waals surface area contributed by atoms with Crippen LogP contribution >= 0.6 is 27.3 Å². The number of nitrogens with zero attached hydrogens (tertiary/aromatic N) is 1. The highest BCUT2D eigenvalue weighted by molar-refractivity contribution is 9.11. The number of hydrogen-bond acceptors (Lipinski definition) is 3. The molecule has 0 atom stereocenters. The molecule has 0 unspecified atom stereocenters. The Morgan fingerprint density at radius 3 is 2.67 bits per heavy atom. The van der Waals surface area contributed by atoms with E-state index in [1.54, 1.807) is 17.4 Å². The van der Waals surface area contributed by atoms with Gasteiger partial charge >= 0.3 is 0 Å². The minimum Gasteiger partial charge on any atom is -0.399 e. The Morgan fingerprint density at radius 1 is 1.27 bits per heavy atom. The van der Waals surface area contributed by atoms with Crippen LogP contribution in [0.3, 0.4) is 0 Å². The molecule has 4 heteroatoms. The summed E-state index contributed by atoms with van der Waals surface area (Å²) in [6.07, 6.45) is 0. The lowest BCUT2D eigenvalue weighted by Gasteiger charge is -2.01. The van der Waals surface area contributed by atoms with E-state index in [9.17, 15) is 0 Å². The van der Waals surface area contributed by atoms with Crippen molar-refractivity contribution in [3.8, 4) is 16.5 Å². The Labute approximate surface area is 100 Å². The summed E-state index contributed by atoms with van der Waals surface area (Å²) in [6, 6.07) is 11.5. The van der Waals surface area contributed by atoms with Gasteiger partial charge in [-0.3, -0.25) is 0 Å². The number of nitrogen functional groups attached to an aromatic ring is 1. The standard InChI is InChI=1S/C11H7BrN2S/c12-11-4-3-10(15-11)9-2-1-8(14)5-7(9)6-13/h1-5H,14H2. The molecule has 0 saturated heterocycles. The zero-order valence-electron chi connectivity index (χ0n) is 7.70. The first-order chi connectivity index (χ1) is 7.20. The minimum absolute atomic E-state index is 0.615. The summed E-state index contributed by atoms with van der Waals surface area (Å²) >= 11 is 5.00. The molecule has 0 aliphatic rings. The van der Waals surface area contributed by atoms with Crippen LogP contribution in [0.1, 0.15) is 5.56 Å². The van der Waals surface area contributed by atoms with Gasteiger partial charge in [0.15, 0.2) is 0 Å². The maximum atomic E-state index is 9.00. The van der Waals surface area contributed by atoms with Crippen molar-refractivity contribution in [2.75, 3.05) is 5.73 Å². The topological polar surface area (TPSA) is 49.8 Å². The van der Waals surface area contributed by atoms with Crippen LogP contribution in [0.5, 0.6) is 0 Å². The fourth-order valence-corrected chi connectivity index (χ4v) is 2.75. The van der Waals surface area contributed by atoms with E-state index < -0.39 is 0 Å². The molecule has 15 heavy (non-hydrogen) atoms. The van der Waals surface area contributed by atoms with Gasteiger partial charge in [-0.15, -0.1) is 11.3 Å². The van der Waals surface area contributed by atoms with Crippen LogP contribution in [-0.4, -0.2) is 0 Å². The third-order valence-corrected chi connectivity index (χ3v) is 3.66. The Balaban J connectivity index is 2.58. The zero-order valence-corrected chi connectivity index (χ0v) is 10.1. The molecule has 0 spiro atoms. The summed E-state index contributed by atoms with van der Waals surface area (Å²) in [5, 5.41) is 9.00. The Morgan fingerprint density at radius 2 is 2.07 bits per heavy atom. The van der Waals surface area contributed by atoms with E-state index >= 15 is 0 Å². The van der Waals surface area contributed by atoms with Gasteiger partial charge in [-0.25, -0.2) is 0 Å². The Hall–Kier alpha value is -1.31. The number of nitriles is 1. The van der Waals surface area contributed by atoms with Gasteiger partial charge in [-0.2, -0.15) is 5.26 Å². The molecular formula is C11H7BrN2S. The first kappa shape index (κ1) is 10.2. The van der Waals surface area contributed by atoms with Gasteiger partial charge in [-0.1, -0.05) is 6.07 Å². The number of halogens is 1. The average molecular weight is 279 g/mol. The molecule has 2 rings (SSSR count). The number of hydrogen-bond donors (Lipinski definition) is 1. The van der Waals surface area contributed by atoms with Crippen molar-refractivity contribution >= 4 is 33.0 Å². The van der Waals surface area contributed by atoms with Crippen LogP contribution in [0.15, 0.2) is 34.1 Å². The summed E-state index contributed by atoms with van der Waals surface area (Å²) in [7, 11) is 0. The second-order valence-corrected chi connectivity index (χ2v) is 5.48. The molecule has 0 aliphatic carbocycles. The second-order valence-electron chi connectivity index (χ2n) is 3.02. The van der Waals surface area contributed by atoms with E-state index in [2.05, 4.69) is 22.0 Å². The number of nitrogens with two attached hydrogens (primary N) is 1. The SMILES string of the molecule is N#Cc1cc(N)ccc1-c1ccc(Br)s1. The van der Waals surface area contributed by atoms with Gasteiger partial charge in [0, 0.05) is 16.1 Å². The van der Waals surface area contributed by atoms with Gasteiger partial charge in [0.2, 0.25) is 0 Å². The van der Waals surface area contributed by atoms with Crippen LogP contribution < -0.4 is 5.73 Å². The van der Waals surface area contributed by atoms with E-state index in [0.717, 1.165) is 14.2 Å². The fraction of sp³-hybridized carbons (Fsp3) is 0. The van der Waals surface area contributed by atoms with Gasteiger partial charge < -0.3 is 5.73 Å². The van der Waals surface area contributed by atoms with Crippen molar-refractivity contribution in [2.24, 2.45) is 0 Å². The number of thiophene rings is 1. The van der Waals surface area contributed by atoms with Crippen molar-refractivity contribution in [1.82, 2.24) is 0 Å². The molecule has 0 amide bonds. The van der Waals surface area contributed by atoms with Crippen LogP contribution in [0.25, 0.3) is 10.4 Å². The summed E-state index contributed by atoms with van der Waals surface area (Å²) in [5.41, 5.74) is 7.79. The van der Waals surface area contributed by atoms with Crippen LogP contribution in [-0.2, 0) is 0 Å². The Bertz CT molecular complexity index is 540. The molecular weight excluding hydrogens is 272 g/mol. The summed E-state index contributed by atoms with van der Waals surface area (Å²) in [5.74, 6) is 0. The van der Waals surface area contributed by atoms with Gasteiger partial charge in [0.1, 0.15) is 0 Å². The highest BCUT2D eigenvalue weighted by Crippen LogP contribution is 2.33. The molecule has 2 aromatic rings. The molecule has 0 bridgehead atoms. The van der Waals surface area contributed by atoms with Gasteiger partial charge in [-0.05, 0) is 40.2 Å². The second kappa shape index (κ2) is 4.05. The zero-order chi connectivity index (χ0) is 10.8. The molecule has 2 N–H and O–H groups in total. The molecule has 0 aliphatic heterocycles. The van der Waals surface area contributed by atoms with Crippen molar-refractivity contribution < 1.29 is 0 Å². The van der Waals surface area contributed by atoms with Crippen molar-refractivity contribution in [2.45, 2.75) is 0 Å². The van der Waals surface area contributed by atoms with Gasteiger partial charge in [0.25, 0.3) is 0 Å². The third-order valence-electron chi connectivity index (χ3n) is 2.00. The smallest absolute Gasteiger partial charge is 0.0999 e. The average Bonchev–Trinajstić information content (AvgIpc) is 2.64. The number of anilines is 1. The van der Waals surface area contributed by atoms with E-state index in [4.69, 9.17) is 11.0 Å². The normalized spacial score (nSPS) is 9.87. The van der Waals surface area contributed by atoms with Crippen molar-refractivity contribution in [1.29, 1.82) is 5.26 Å². The lowest BCUT2D eigenvalue weighted by Crippen LogP contribution is -1.87. The lowest BCUT2D eigenvalue weighted by molar-refractivity contribution is 1.49. The predicted molar refractivity (Wildman–Crippen MR) is 66.6 cm³/mol. The van der Waals surface area contributed by atoms with Crippen LogP contribution in [0.2, 0.25) is 0 Å². The monoisotopic (exact) mass is 278 g/mol. The maximum absolute atomic E-state index is 9.00. The maximum Gasteiger partial charge on any atom is 0.0999 e. The molecule has 1 heterocycles. The van der Waals surface area contributed by atoms with Crippen molar-refractivity contribution in [3.05, 3.63) is 39.7 Å². The van der Waals surface area contributed by atoms with Crippen molar-refractivity contribution in [3.63, 3.8) is 0 Å². The largest absolute Gasteiger partial charge is 0.399 e. The van der Waals surface area contributed by atoms with Crippen LogP contribution in [0.4, 0.5) is 5.69 Å².